The van der Waals surface area contributed by atoms with E-state index in [2.05, 4.69) is 42.5 Å². The summed E-state index contributed by atoms with van der Waals surface area (Å²) in [5.74, 6) is -0.797. The van der Waals surface area contributed by atoms with Crippen LogP contribution in [0.1, 0.15) is 84.9 Å². The van der Waals surface area contributed by atoms with E-state index in [0.717, 1.165) is 24.8 Å². The SMILES string of the molecule is CN[C@@H](C)C(=O)N[C@H](C(=O)N1C[C@@H](OCCOCCOCCOCCOc2cc3nccc(Nc4n[nH]c5ccc(F)cc45)c3cc2S(=O)(=O)C(C)(C)C)C[C@H]1C(=O)N[C@@H]1CCCc2ccccc21)C(C)(C)C. The van der Waals surface area contributed by atoms with Crippen molar-refractivity contribution >= 4 is 60.9 Å². The fourth-order valence-electron chi connectivity index (χ4n) is 8.95. The number of ether oxygens (including phenoxy) is 5. The molecule has 1 aliphatic heterocycles. The molecule has 18 nitrogen and oxygen atoms in total. The third kappa shape index (κ3) is 13.5. The predicted octanol–water partition coefficient (Wildman–Crippen LogP) is 6.31. The van der Waals surface area contributed by atoms with E-state index in [1.165, 1.54) is 23.8 Å². The lowest BCUT2D eigenvalue weighted by molar-refractivity contribution is -0.144. The minimum absolute atomic E-state index is 0.00435. The number of amides is 3. The molecule has 1 aliphatic carbocycles. The number of nitrogens with zero attached hydrogens (tertiary/aromatic N) is 3. The Morgan fingerprint density at radius 3 is 2.29 bits per heavy atom. The summed E-state index contributed by atoms with van der Waals surface area (Å²) in [6, 6.07) is 14.9. The van der Waals surface area contributed by atoms with Gasteiger partial charge in [-0.25, -0.2) is 12.8 Å². The molecule has 1 saturated heterocycles. The van der Waals surface area contributed by atoms with Gasteiger partial charge in [0, 0.05) is 36.0 Å². The van der Waals surface area contributed by atoms with E-state index < -0.39 is 50.0 Å². The molecule has 0 saturated carbocycles. The largest absolute Gasteiger partial charge is 0.490 e. The molecule has 5 N–H and O–H groups in total. The number of rotatable bonds is 23. The fourth-order valence-corrected chi connectivity index (χ4v) is 10.3. The van der Waals surface area contributed by atoms with E-state index in [0.29, 0.717) is 52.9 Å². The molecule has 0 spiro atoms. The van der Waals surface area contributed by atoms with Gasteiger partial charge in [-0.3, -0.25) is 24.5 Å². The second kappa shape index (κ2) is 24.1. The zero-order chi connectivity index (χ0) is 52.5. The van der Waals surface area contributed by atoms with Crippen molar-refractivity contribution < 1.29 is 50.9 Å². The van der Waals surface area contributed by atoms with Crippen LogP contribution >= 0.6 is 0 Å². The van der Waals surface area contributed by atoms with Crippen LogP contribution in [0, 0.1) is 11.2 Å². The predicted molar refractivity (Wildman–Crippen MR) is 276 cm³/mol. The van der Waals surface area contributed by atoms with Crippen LogP contribution in [0.2, 0.25) is 0 Å². The smallest absolute Gasteiger partial charge is 0.246 e. The lowest BCUT2D eigenvalue weighted by atomic mass is 9.85. The van der Waals surface area contributed by atoms with E-state index in [9.17, 15) is 27.2 Å². The van der Waals surface area contributed by atoms with E-state index in [1.807, 2.05) is 39.0 Å². The maximum absolute atomic E-state index is 14.4. The van der Waals surface area contributed by atoms with E-state index in [-0.39, 0.29) is 80.6 Å². The first-order valence-electron chi connectivity index (χ1n) is 25.0. The number of nitrogens with one attached hydrogen (secondary N) is 5. The fraction of sp³-hybridized carbons (Fsp3) is 0.528. The topological polar surface area (TPSA) is 224 Å². The summed E-state index contributed by atoms with van der Waals surface area (Å²) in [6.07, 6.45) is 4.14. The summed E-state index contributed by atoms with van der Waals surface area (Å²) >= 11 is 0. The third-order valence-electron chi connectivity index (χ3n) is 13.3. The lowest BCUT2D eigenvalue weighted by Crippen LogP contribution is -2.59. The summed E-state index contributed by atoms with van der Waals surface area (Å²) in [7, 11) is -2.22. The van der Waals surface area contributed by atoms with Crippen molar-refractivity contribution in [2.75, 3.05) is 71.8 Å². The Balaban J connectivity index is 0.859. The number of carbonyl (C=O) groups is 3. The molecule has 3 heterocycles. The molecule has 7 rings (SSSR count). The molecule has 73 heavy (non-hydrogen) atoms. The highest BCUT2D eigenvalue weighted by Gasteiger charge is 2.46. The van der Waals surface area contributed by atoms with Crippen molar-refractivity contribution in [3.63, 3.8) is 0 Å². The number of hydrogen-bond donors (Lipinski definition) is 5. The minimum atomic E-state index is -3.90. The highest BCUT2D eigenvalue weighted by atomic mass is 32.2. The number of likely N-dealkylation sites (tertiary alicyclic amines) is 1. The van der Waals surface area contributed by atoms with E-state index in [1.54, 1.807) is 64.0 Å². The number of hydrogen-bond acceptors (Lipinski definition) is 14. The maximum atomic E-state index is 14.4. The van der Waals surface area contributed by atoms with E-state index >= 15 is 0 Å². The van der Waals surface area contributed by atoms with Crippen molar-refractivity contribution in [3.8, 4) is 5.75 Å². The highest BCUT2D eigenvalue weighted by molar-refractivity contribution is 7.92. The highest BCUT2D eigenvalue weighted by Crippen LogP contribution is 2.38. The Labute approximate surface area is 427 Å². The number of likely N-dealkylation sites (N-methyl/N-ethyl adjacent to an activating group) is 1. The number of benzene rings is 3. The Morgan fingerprint density at radius 1 is 0.890 bits per heavy atom. The van der Waals surface area contributed by atoms with Gasteiger partial charge in [0.1, 0.15) is 35.2 Å². The molecule has 3 amide bonds. The van der Waals surface area contributed by atoms with Crippen molar-refractivity contribution in [2.24, 2.45) is 5.41 Å². The van der Waals surface area contributed by atoms with Crippen LogP contribution in [0.15, 0.2) is 71.8 Å². The number of carbonyl (C=O) groups excluding carboxylic acids is 3. The van der Waals surface area contributed by atoms with Crippen LogP contribution in [0.3, 0.4) is 0 Å². The monoisotopic (exact) mass is 1030 g/mol. The number of aromatic amines is 1. The number of sulfone groups is 1. The number of pyridine rings is 1. The average Bonchev–Trinajstić information content (AvgIpc) is 3.97. The molecule has 5 atom stereocenters. The number of anilines is 2. The van der Waals surface area contributed by atoms with Gasteiger partial charge in [0.05, 0.1) is 85.9 Å². The van der Waals surface area contributed by atoms with Gasteiger partial charge in [-0.1, -0.05) is 45.0 Å². The number of fused-ring (bicyclic) bond motifs is 3. The summed E-state index contributed by atoms with van der Waals surface area (Å²) in [5.41, 5.74) is 3.30. The van der Waals surface area contributed by atoms with E-state index in [4.69, 9.17) is 23.7 Å². The van der Waals surface area contributed by atoms with Gasteiger partial charge >= 0.3 is 0 Å². The molecular weight excluding hydrogens is 960 g/mol. The van der Waals surface area contributed by atoms with Gasteiger partial charge in [-0.2, -0.15) is 5.10 Å². The van der Waals surface area contributed by atoms with Gasteiger partial charge < -0.3 is 49.9 Å². The molecule has 20 heteroatoms. The van der Waals surface area contributed by atoms with Crippen LogP contribution in [0.4, 0.5) is 15.9 Å². The number of halogens is 1. The Morgan fingerprint density at radius 2 is 1.59 bits per heavy atom. The second-order valence-electron chi connectivity index (χ2n) is 20.6. The third-order valence-corrected chi connectivity index (χ3v) is 15.8. The Kier molecular flexibility index (Phi) is 18.1. The number of aromatic nitrogens is 3. The first-order valence-corrected chi connectivity index (χ1v) is 26.5. The van der Waals surface area contributed by atoms with Crippen molar-refractivity contribution in [1.82, 2.24) is 36.0 Å². The molecule has 5 aromatic rings. The molecule has 0 unspecified atom stereocenters. The Hall–Kier alpha value is -5.77. The van der Waals surface area contributed by atoms with Crippen molar-refractivity contribution in [3.05, 3.63) is 83.8 Å². The number of aryl methyl sites for hydroxylation is 1. The van der Waals surface area contributed by atoms with Crippen LogP contribution in [-0.2, 0) is 49.6 Å². The second-order valence-corrected chi connectivity index (χ2v) is 23.2. The normalized spacial score (nSPS) is 18.1. The minimum Gasteiger partial charge on any atom is -0.490 e. The van der Waals surface area contributed by atoms with Crippen molar-refractivity contribution in [2.45, 2.75) is 114 Å². The Bertz CT molecular complexity index is 2830. The molecule has 396 valence electrons. The number of H-pyrrole nitrogens is 1. The van der Waals surface area contributed by atoms with Gasteiger partial charge in [-0.15, -0.1) is 0 Å². The van der Waals surface area contributed by atoms with Crippen LogP contribution in [-0.4, -0.2) is 142 Å². The van der Waals surface area contributed by atoms with Crippen LogP contribution in [0.5, 0.6) is 5.75 Å². The summed E-state index contributed by atoms with van der Waals surface area (Å²) in [6.45, 7) is 14.3. The quantitative estimate of drug-likeness (QED) is 0.0453. The zero-order valence-electron chi connectivity index (χ0n) is 43.1. The summed E-state index contributed by atoms with van der Waals surface area (Å²) in [4.78, 5) is 47.6. The van der Waals surface area contributed by atoms with Crippen molar-refractivity contribution in [1.29, 1.82) is 0 Å². The lowest BCUT2D eigenvalue weighted by Gasteiger charge is -2.36. The average molecular weight is 1030 g/mol. The van der Waals surface area contributed by atoms with Crippen LogP contribution in [0.25, 0.3) is 21.8 Å². The van der Waals surface area contributed by atoms with Gasteiger partial charge in [0.25, 0.3) is 0 Å². The first kappa shape index (κ1) is 55.0. The molecule has 2 aromatic heterocycles. The summed E-state index contributed by atoms with van der Waals surface area (Å²) in [5, 5.41) is 20.5. The van der Waals surface area contributed by atoms with Gasteiger partial charge in [-0.05, 0) is 101 Å². The summed E-state index contributed by atoms with van der Waals surface area (Å²) < 4.78 is 70.2. The first-order chi connectivity index (χ1) is 34.8. The molecule has 2 aliphatic rings. The zero-order valence-corrected chi connectivity index (χ0v) is 44.0. The molecule has 0 bridgehead atoms. The maximum Gasteiger partial charge on any atom is 0.246 e. The molecular formula is C53H71FN8O10S. The standard InChI is InChI=1S/C53H71FN8O10S/c1-33(55-8)49(63)59-47(52(2,3)4)51(65)62-32-36(29-44(62)50(64)58-40-15-11-13-34-12-9-10-14-37(34)40)71-26-24-69-22-20-68-21-23-70-25-27-72-45-31-43-38(30-46(45)73(66,67)53(5,6)7)41(18-19-56-43)57-48-39-28-35(54)16-17-42(39)60-61-48/h9-10,12,14,16-19,28,30-31,33,36,40,44,47,55H,11,13,15,20-27,29,32H2,1-8H3,(H,58,64)(H,59,63)(H2,56,57,60,61)/t33-,36-,40+,44-,47+/m0/s1. The van der Waals surface area contributed by atoms with Gasteiger partial charge in [0.2, 0.25) is 17.7 Å². The molecule has 0 radical (unpaired) electrons. The molecule has 1 fully saturated rings. The molecule has 3 aromatic carbocycles. The van der Waals surface area contributed by atoms with Crippen LogP contribution < -0.4 is 26.0 Å². The van der Waals surface area contributed by atoms with Gasteiger partial charge in [0.15, 0.2) is 15.7 Å².